The summed E-state index contributed by atoms with van der Waals surface area (Å²) in [6.07, 6.45) is 7.89. The normalized spacial score (nSPS) is 13.4. The van der Waals surface area contributed by atoms with Crippen molar-refractivity contribution in [1.29, 1.82) is 0 Å². The van der Waals surface area contributed by atoms with Gasteiger partial charge in [-0.05, 0) is 61.9 Å². The average Bonchev–Trinajstić information content (AvgIpc) is 2.80. The molecule has 0 N–H and O–H groups in total. The number of allylic oxidation sites excluding steroid dienone is 2. The maximum absolute atomic E-state index is 13.3. The second kappa shape index (κ2) is 7.07. The first-order valence-corrected chi connectivity index (χ1v) is 10.9. The van der Waals surface area contributed by atoms with Crippen LogP contribution in [0.1, 0.15) is 23.4 Å². The number of imidazole rings is 1. The van der Waals surface area contributed by atoms with Crippen LogP contribution in [0.15, 0.2) is 74.8 Å². The van der Waals surface area contributed by atoms with Crippen molar-refractivity contribution >= 4 is 38.1 Å². The lowest BCUT2D eigenvalue weighted by molar-refractivity contribution is 0.584. The van der Waals surface area contributed by atoms with Crippen LogP contribution in [0, 0.1) is 6.92 Å². The highest BCUT2D eigenvalue weighted by molar-refractivity contribution is 9.10. The molecule has 0 saturated carbocycles. The van der Waals surface area contributed by atoms with Gasteiger partial charge >= 0.3 is 5.69 Å². The molecule has 0 saturated heterocycles. The molecule has 1 aliphatic carbocycles. The first kappa shape index (κ1) is 18.7. The van der Waals surface area contributed by atoms with Gasteiger partial charge in [0.1, 0.15) is 0 Å². The summed E-state index contributed by atoms with van der Waals surface area (Å²) in [6.45, 7) is 1.88. The molecule has 1 aromatic heterocycles. The molecule has 0 fully saturated rings. The van der Waals surface area contributed by atoms with Gasteiger partial charge in [-0.25, -0.2) is 13.2 Å². The van der Waals surface area contributed by atoms with Gasteiger partial charge in [-0.3, -0.25) is 4.57 Å². The van der Waals surface area contributed by atoms with Crippen LogP contribution >= 0.6 is 15.9 Å². The number of hydrogen-bond donors (Lipinski definition) is 0. The summed E-state index contributed by atoms with van der Waals surface area (Å²) in [4.78, 5) is 13.4. The molecule has 142 valence electrons. The van der Waals surface area contributed by atoms with Crippen molar-refractivity contribution in [3.8, 4) is 5.69 Å². The van der Waals surface area contributed by atoms with E-state index in [1.54, 1.807) is 36.4 Å². The zero-order chi connectivity index (χ0) is 19.9. The molecular formula is C21H17BrN2O3S. The Hall–Kier alpha value is -2.64. The van der Waals surface area contributed by atoms with Gasteiger partial charge in [0.05, 0.1) is 22.0 Å². The zero-order valence-corrected chi connectivity index (χ0v) is 17.4. The molecule has 2 aromatic carbocycles. The van der Waals surface area contributed by atoms with Crippen LogP contribution in [0.4, 0.5) is 0 Å². The number of benzene rings is 2. The molecule has 1 aliphatic rings. The maximum Gasteiger partial charge on any atom is 0.347 e. The Kier molecular flexibility index (Phi) is 4.72. The first-order chi connectivity index (χ1) is 13.4. The lowest BCUT2D eigenvalue weighted by Crippen LogP contribution is -2.29. The van der Waals surface area contributed by atoms with Gasteiger partial charge < -0.3 is 0 Å². The van der Waals surface area contributed by atoms with E-state index in [1.165, 1.54) is 16.7 Å². The largest absolute Gasteiger partial charge is 0.347 e. The van der Waals surface area contributed by atoms with Gasteiger partial charge in [-0.2, -0.15) is 3.97 Å². The number of hydrogen-bond acceptors (Lipinski definition) is 3. The van der Waals surface area contributed by atoms with Gasteiger partial charge in [0, 0.05) is 4.47 Å². The van der Waals surface area contributed by atoms with Crippen molar-refractivity contribution in [2.24, 2.45) is 0 Å². The smallest absolute Gasteiger partial charge is 0.260 e. The van der Waals surface area contributed by atoms with Crippen molar-refractivity contribution in [1.82, 2.24) is 8.54 Å². The summed E-state index contributed by atoms with van der Waals surface area (Å²) in [5.74, 6) is 0. The van der Waals surface area contributed by atoms with E-state index in [2.05, 4.69) is 15.9 Å². The quantitative estimate of drug-likeness (QED) is 0.587. The van der Waals surface area contributed by atoms with E-state index >= 15 is 0 Å². The summed E-state index contributed by atoms with van der Waals surface area (Å²) in [5, 5.41) is 0. The third-order valence-electron chi connectivity index (χ3n) is 4.55. The lowest BCUT2D eigenvalue weighted by Gasteiger charge is -2.07. The van der Waals surface area contributed by atoms with Gasteiger partial charge in [0.25, 0.3) is 10.0 Å². The van der Waals surface area contributed by atoms with Gasteiger partial charge in [0.15, 0.2) is 0 Å². The lowest BCUT2D eigenvalue weighted by atomic mass is 10.2. The van der Waals surface area contributed by atoms with Crippen molar-refractivity contribution in [3.63, 3.8) is 0 Å². The summed E-state index contributed by atoms with van der Waals surface area (Å²) in [6, 6.07) is 13.7. The minimum Gasteiger partial charge on any atom is -0.260 e. The Morgan fingerprint density at radius 2 is 1.50 bits per heavy atom. The third kappa shape index (κ3) is 3.10. The fraction of sp³-hybridized carbons (Fsp3) is 0.0952. The highest BCUT2D eigenvalue weighted by Gasteiger charge is 2.28. The van der Waals surface area contributed by atoms with Gasteiger partial charge in [-0.15, -0.1) is 0 Å². The molecule has 28 heavy (non-hydrogen) atoms. The molecule has 7 heteroatoms. The average molecular weight is 457 g/mol. The molecule has 3 aromatic rings. The van der Waals surface area contributed by atoms with E-state index in [0.29, 0.717) is 23.5 Å². The molecule has 0 aliphatic heterocycles. The summed E-state index contributed by atoms with van der Waals surface area (Å²) in [5.41, 5.74) is 1.81. The fourth-order valence-electron chi connectivity index (χ4n) is 3.15. The van der Waals surface area contributed by atoms with E-state index in [1.807, 2.05) is 31.2 Å². The van der Waals surface area contributed by atoms with Gasteiger partial charge in [-0.1, -0.05) is 45.8 Å². The molecule has 0 radical (unpaired) electrons. The van der Waals surface area contributed by atoms with E-state index in [9.17, 15) is 13.2 Å². The molecule has 1 heterocycles. The number of rotatable bonds is 3. The summed E-state index contributed by atoms with van der Waals surface area (Å²) >= 11 is 3.38. The van der Waals surface area contributed by atoms with Crippen molar-refractivity contribution in [3.05, 3.63) is 92.6 Å². The monoisotopic (exact) mass is 456 g/mol. The van der Waals surface area contributed by atoms with Crippen molar-refractivity contribution in [2.75, 3.05) is 0 Å². The Morgan fingerprint density at radius 3 is 2.14 bits per heavy atom. The van der Waals surface area contributed by atoms with Crippen LogP contribution in [0.2, 0.25) is 0 Å². The maximum atomic E-state index is 13.3. The zero-order valence-electron chi connectivity index (χ0n) is 15.0. The Bertz CT molecular complexity index is 1260. The third-order valence-corrected chi connectivity index (χ3v) is 6.78. The minimum atomic E-state index is -4.05. The van der Waals surface area contributed by atoms with Crippen LogP contribution in [-0.4, -0.2) is 17.0 Å². The van der Waals surface area contributed by atoms with Crippen LogP contribution in [-0.2, 0) is 10.0 Å². The van der Waals surface area contributed by atoms with E-state index in [0.717, 1.165) is 14.0 Å². The standard InChI is InChI=1S/C21H17BrN2O3S/c1-15-7-13-18(14-8-15)28(26,27)24-20-6-4-2-3-5-19(20)23(21(24)25)17-11-9-16(22)10-12-17/h3-14H,2H2,1H3. The summed E-state index contributed by atoms with van der Waals surface area (Å²) in [7, 11) is -4.05. The van der Waals surface area contributed by atoms with Crippen molar-refractivity contribution in [2.45, 2.75) is 18.2 Å². The molecule has 5 nitrogen and oxygen atoms in total. The van der Waals surface area contributed by atoms with E-state index < -0.39 is 15.7 Å². The van der Waals surface area contributed by atoms with E-state index in [-0.39, 0.29) is 4.90 Å². The number of fused-ring (bicyclic) bond motifs is 1. The molecule has 4 rings (SSSR count). The SMILES string of the molecule is Cc1ccc(S(=O)(=O)n2c3c(n(-c4ccc(Br)cc4)c2=O)C=CCC=C3)cc1. The second-order valence-electron chi connectivity index (χ2n) is 6.49. The van der Waals surface area contributed by atoms with Crippen LogP contribution in [0.25, 0.3) is 17.8 Å². The number of halogens is 1. The Balaban J connectivity index is 2.04. The topological polar surface area (TPSA) is 61.1 Å². The molecule has 0 bridgehead atoms. The predicted octanol–water partition coefficient (Wildman–Crippen LogP) is 4.38. The summed E-state index contributed by atoms with van der Waals surface area (Å²) < 4.78 is 29.9. The molecule has 0 atom stereocenters. The first-order valence-electron chi connectivity index (χ1n) is 8.68. The number of nitrogens with zero attached hydrogens (tertiary/aromatic N) is 2. The highest BCUT2D eigenvalue weighted by Crippen LogP contribution is 2.25. The fourth-order valence-corrected chi connectivity index (χ4v) is 4.81. The minimum absolute atomic E-state index is 0.0811. The Morgan fingerprint density at radius 1 is 0.893 bits per heavy atom. The van der Waals surface area contributed by atoms with E-state index in [4.69, 9.17) is 0 Å². The van der Waals surface area contributed by atoms with Crippen LogP contribution in [0.3, 0.4) is 0 Å². The Labute approximate surface area is 171 Å². The molecule has 0 amide bonds. The molecule has 0 unspecified atom stereocenters. The predicted molar refractivity (Wildman–Crippen MR) is 114 cm³/mol. The number of aromatic nitrogens is 2. The number of aryl methyl sites for hydroxylation is 1. The van der Waals surface area contributed by atoms with Crippen LogP contribution in [0.5, 0.6) is 0 Å². The van der Waals surface area contributed by atoms with Crippen LogP contribution < -0.4 is 5.69 Å². The van der Waals surface area contributed by atoms with Gasteiger partial charge in [0.2, 0.25) is 0 Å². The van der Waals surface area contributed by atoms with Crippen molar-refractivity contribution < 1.29 is 8.42 Å². The molecule has 0 spiro atoms. The molecular weight excluding hydrogens is 440 g/mol. The second-order valence-corrected chi connectivity index (χ2v) is 9.19. The highest BCUT2D eigenvalue weighted by atomic mass is 79.9.